The van der Waals surface area contributed by atoms with Crippen LogP contribution in [0.15, 0.2) is 16.8 Å². The SMILES string of the molecule is Cc1noc(C)c1C(=O)N1CCN(c2[nH+]cc(C(F)(F)F)cc2Cl)CC1. The average Bonchev–Trinajstić information content (AvgIpc) is 2.92. The van der Waals surface area contributed by atoms with E-state index >= 15 is 0 Å². The summed E-state index contributed by atoms with van der Waals surface area (Å²) in [4.78, 5) is 18.7. The van der Waals surface area contributed by atoms with Crippen molar-refractivity contribution in [1.82, 2.24) is 10.1 Å². The Balaban J connectivity index is 1.70. The minimum Gasteiger partial charge on any atom is -0.361 e. The Labute approximate surface area is 152 Å². The van der Waals surface area contributed by atoms with E-state index in [1.807, 2.05) is 4.90 Å². The van der Waals surface area contributed by atoms with E-state index in [0.717, 1.165) is 12.3 Å². The maximum absolute atomic E-state index is 12.7. The van der Waals surface area contributed by atoms with Gasteiger partial charge in [-0.1, -0.05) is 16.8 Å². The summed E-state index contributed by atoms with van der Waals surface area (Å²) in [7, 11) is 0. The van der Waals surface area contributed by atoms with E-state index in [4.69, 9.17) is 16.1 Å². The van der Waals surface area contributed by atoms with E-state index in [0.29, 0.717) is 49.0 Å². The van der Waals surface area contributed by atoms with Gasteiger partial charge in [-0.15, -0.1) is 0 Å². The van der Waals surface area contributed by atoms with Gasteiger partial charge in [-0.25, -0.2) is 4.98 Å². The molecule has 0 atom stereocenters. The van der Waals surface area contributed by atoms with Crippen LogP contribution in [0.5, 0.6) is 0 Å². The quantitative estimate of drug-likeness (QED) is 0.792. The third kappa shape index (κ3) is 3.48. The number of anilines is 1. The molecule has 0 bridgehead atoms. The Hall–Kier alpha value is -2.29. The topological polar surface area (TPSA) is 63.7 Å². The third-order valence-corrected chi connectivity index (χ3v) is 4.62. The summed E-state index contributed by atoms with van der Waals surface area (Å²) >= 11 is 6.02. The summed E-state index contributed by atoms with van der Waals surface area (Å²) in [5, 5.41) is 3.78. The van der Waals surface area contributed by atoms with Crippen molar-refractivity contribution < 1.29 is 27.5 Å². The Kier molecular flexibility index (Phi) is 4.83. The number of carbonyl (C=O) groups is 1. The zero-order valence-electron chi connectivity index (χ0n) is 14.2. The molecule has 1 aliphatic rings. The summed E-state index contributed by atoms with van der Waals surface area (Å²) in [6.45, 7) is 5.09. The van der Waals surface area contributed by atoms with Gasteiger partial charge in [-0.2, -0.15) is 13.2 Å². The second-order valence-corrected chi connectivity index (χ2v) is 6.47. The second-order valence-electron chi connectivity index (χ2n) is 6.06. The number of H-pyrrole nitrogens is 1. The highest BCUT2D eigenvalue weighted by molar-refractivity contribution is 6.32. The Morgan fingerprint density at radius 1 is 1.27 bits per heavy atom. The van der Waals surface area contributed by atoms with Gasteiger partial charge in [0.25, 0.3) is 11.7 Å². The normalized spacial score (nSPS) is 15.5. The van der Waals surface area contributed by atoms with E-state index in [-0.39, 0.29) is 10.9 Å². The first-order chi connectivity index (χ1) is 12.2. The van der Waals surface area contributed by atoms with Crippen LogP contribution in [0.2, 0.25) is 5.02 Å². The lowest BCUT2D eigenvalue weighted by atomic mass is 10.1. The van der Waals surface area contributed by atoms with E-state index < -0.39 is 11.7 Å². The van der Waals surface area contributed by atoms with Gasteiger partial charge >= 0.3 is 6.18 Å². The van der Waals surface area contributed by atoms with Gasteiger partial charge in [-0.05, 0) is 19.9 Å². The first-order valence-corrected chi connectivity index (χ1v) is 8.32. The van der Waals surface area contributed by atoms with Gasteiger partial charge in [0.15, 0.2) is 0 Å². The number of alkyl halides is 3. The molecule has 3 heterocycles. The van der Waals surface area contributed by atoms with Crippen molar-refractivity contribution >= 4 is 23.3 Å². The molecule has 2 aromatic rings. The van der Waals surface area contributed by atoms with E-state index in [1.165, 1.54) is 0 Å². The van der Waals surface area contributed by atoms with Crippen LogP contribution in [-0.4, -0.2) is 42.1 Å². The molecule has 1 aliphatic heterocycles. The molecule has 1 fully saturated rings. The number of halogens is 4. The molecular weight excluding hydrogens is 373 g/mol. The number of hydrogen-bond donors (Lipinski definition) is 0. The fourth-order valence-corrected chi connectivity index (χ4v) is 3.24. The van der Waals surface area contributed by atoms with Gasteiger partial charge < -0.3 is 9.42 Å². The zero-order chi connectivity index (χ0) is 19.1. The van der Waals surface area contributed by atoms with Crippen molar-refractivity contribution in [2.75, 3.05) is 31.1 Å². The van der Waals surface area contributed by atoms with Crippen molar-refractivity contribution in [3.8, 4) is 0 Å². The molecule has 0 spiro atoms. The van der Waals surface area contributed by atoms with Crippen molar-refractivity contribution in [3.63, 3.8) is 0 Å². The molecule has 26 heavy (non-hydrogen) atoms. The van der Waals surface area contributed by atoms with Crippen LogP contribution in [0.4, 0.5) is 19.0 Å². The highest BCUT2D eigenvalue weighted by Gasteiger charge is 2.35. The largest absolute Gasteiger partial charge is 0.419 e. The minimum atomic E-state index is -4.46. The zero-order valence-corrected chi connectivity index (χ0v) is 14.9. The molecule has 140 valence electrons. The molecule has 1 saturated heterocycles. The van der Waals surface area contributed by atoms with Crippen LogP contribution in [0.1, 0.15) is 27.4 Å². The number of rotatable bonds is 2. The number of amides is 1. The number of hydrogen-bond acceptors (Lipinski definition) is 4. The smallest absolute Gasteiger partial charge is 0.361 e. The van der Waals surface area contributed by atoms with E-state index in [2.05, 4.69) is 10.1 Å². The van der Waals surface area contributed by atoms with Crippen LogP contribution in [-0.2, 0) is 6.18 Å². The van der Waals surface area contributed by atoms with E-state index in [1.54, 1.807) is 18.7 Å². The second kappa shape index (κ2) is 6.79. The summed E-state index contributed by atoms with van der Waals surface area (Å²) in [5.41, 5.74) is 0.157. The Morgan fingerprint density at radius 2 is 1.92 bits per heavy atom. The monoisotopic (exact) mass is 389 g/mol. The maximum Gasteiger partial charge on any atom is 0.419 e. The summed E-state index contributed by atoms with van der Waals surface area (Å²) in [6.07, 6.45) is -3.57. The summed E-state index contributed by atoms with van der Waals surface area (Å²) in [5.74, 6) is 0.710. The first-order valence-electron chi connectivity index (χ1n) is 7.94. The van der Waals surface area contributed by atoms with Crippen LogP contribution in [0, 0.1) is 13.8 Å². The third-order valence-electron chi connectivity index (χ3n) is 4.33. The van der Waals surface area contributed by atoms with Crippen LogP contribution in [0.3, 0.4) is 0 Å². The van der Waals surface area contributed by atoms with Gasteiger partial charge in [-0.3, -0.25) is 9.69 Å². The number of nitrogens with one attached hydrogen (secondary N) is 1. The minimum absolute atomic E-state index is 0.00896. The number of aryl methyl sites for hydroxylation is 2. The molecule has 6 nitrogen and oxygen atoms in total. The van der Waals surface area contributed by atoms with Crippen molar-refractivity contribution in [2.45, 2.75) is 20.0 Å². The molecule has 3 rings (SSSR count). The lowest BCUT2D eigenvalue weighted by Crippen LogP contribution is -2.50. The summed E-state index contributed by atoms with van der Waals surface area (Å²) < 4.78 is 43.2. The predicted molar refractivity (Wildman–Crippen MR) is 87.1 cm³/mol. The fraction of sp³-hybridized carbons (Fsp3) is 0.438. The van der Waals surface area contributed by atoms with Crippen LogP contribution < -0.4 is 9.88 Å². The maximum atomic E-state index is 12.7. The molecule has 10 heteroatoms. The van der Waals surface area contributed by atoms with Crippen LogP contribution in [0.25, 0.3) is 0 Å². The molecular formula is C16H17ClF3N4O2+. The van der Waals surface area contributed by atoms with Crippen LogP contribution >= 0.6 is 11.6 Å². The Morgan fingerprint density at radius 3 is 2.42 bits per heavy atom. The number of piperazine rings is 1. The Bertz CT molecular complexity index is 810. The van der Waals surface area contributed by atoms with Gasteiger partial charge in [0.2, 0.25) is 0 Å². The number of aromatic nitrogens is 2. The molecule has 0 radical (unpaired) electrons. The molecule has 1 N–H and O–H groups in total. The number of carbonyl (C=O) groups excluding carboxylic acids is 1. The van der Waals surface area contributed by atoms with Gasteiger partial charge in [0.05, 0.1) is 24.3 Å². The number of aromatic amines is 1. The van der Waals surface area contributed by atoms with Gasteiger partial charge in [0, 0.05) is 0 Å². The molecule has 0 aliphatic carbocycles. The molecule has 0 aromatic carbocycles. The lowest BCUT2D eigenvalue weighted by Gasteiger charge is -2.31. The molecule has 0 unspecified atom stereocenters. The highest BCUT2D eigenvalue weighted by atomic mass is 35.5. The molecule has 0 saturated carbocycles. The lowest BCUT2D eigenvalue weighted by molar-refractivity contribution is -0.367. The van der Waals surface area contributed by atoms with E-state index in [9.17, 15) is 18.0 Å². The fourth-order valence-electron chi connectivity index (χ4n) is 2.95. The van der Waals surface area contributed by atoms with Gasteiger partial charge in [0.1, 0.15) is 35.6 Å². The molecule has 2 aromatic heterocycles. The van der Waals surface area contributed by atoms with Crippen molar-refractivity contribution in [1.29, 1.82) is 0 Å². The number of nitrogens with zero attached hydrogens (tertiary/aromatic N) is 3. The standard InChI is InChI=1S/C16H16ClF3N4O2/c1-9-13(10(2)26-22-9)15(25)24-5-3-23(4-6-24)14-12(17)7-11(8-21-14)16(18,19)20/h7-8H,3-6H2,1-2H3/p+1. The van der Waals surface area contributed by atoms with Crippen molar-refractivity contribution in [3.05, 3.63) is 39.9 Å². The summed E-state index contributed by atoms with van der Waals surface area (Å²) in [6, 6.07) is 0.898. The average molecular weight is 390 g/mol. The van der Waals surface area contributed by atoms with Crippen molar-refractivity contribution in [2.24, 2.45) is 0 Å². The highest BCUT2D eigenvalue weighted by Crippen LogP contribution is 2.32. The predicted octanol–water partition coefficient (Wildman–Crippen LogP) is 2.74. The number of pyridine rings is 1. The first kappa shape index (κ1) is 18.5. The molecule has 1 amide bonds.